The summed E-state index contributed by atoms with van der Waals surface area (Å²) in [6, 6.07) is 7.94. The van der Waals surface area contributed by atoms with Crippen LogP contribution in [0.5, 0.6) is 0 Å². The Morgan fingerprint density at radius 3 is 2.71 bits per heavy atom. The van der Waals surface area contributed by atoms with Crippen molar-refractivity contribution in [3.05, 3.63) is 36.0 Å². The molecule has 0 bridgehead atoms. The van der Waals surface area contributed by atoms with Crippen LogP contribution in [0.25, 0.3) is 10.9 Å². The maximum absolute atomic E-state index is 12.0. The molecule has 21 heavy (non-hydrogen) atoms. The summed E-state index contributed by atoms with van der Waals surface area (Å²) in [6.45, 7) is 1.16. The second kappa shape index (κ2) is 6.49. The summed E-state index contributed by atoms with van der Waals surface area (Å²) >= 11 is 0. The van der Waals surface area contributed by atoms with Gasteiger partial charge in [-0.25, -0.2) is 0 Å². The molecule has 1 unspecified atom stereocenters. The number of alkyl halides is 3. The molecule has 1 heterocycles. The van der Waals surface area contributed by atoms with Gasteiger partial charge in [-0.2, -0.15) is 13.2 Å². The molecule has 0 aliphatic heterocycles. The van der Waals surface area contributed by atoms with Crippen LogP contribution in [0.2, 0.25) is 0 Å². The zero-order valence-corrected chi connectivity index (χ0v) is 11.9. The standard InChI is InChI=1S/C15H19F3N2O/c1-11(19)9-12-3-2-4-14-13(12)5-6-20(14)7-8-21-10-15(16,17)18/h2-6,11H,7-10,19H2,1H3. The molecule has 0 amide bonds. The first-order chi connectivity index (χ1) is 9.87. The first-order valence-electron chi connectivity index (χ1n) is 6.83. The number of rotatable bonds is 6. The van der Waals surface area contributed by atoms with E-state index in [4.69, 9.17) is 5.73 Å². The fourth-order valence-electron chi connectivity index (χ4n) is 2.36. The van der Waals surface area contributed by atoms with Crippen LogP contribution in [0.3, 0.4) is 0 Å². The lowest BCUT2D eigenvalue weighted by Gasteiger charge is -2.10. The average molecular weight is 300 g/mol. The van der Waals surface area contributed by atoms with E-state index in [1.165, 1.54) is 0 Å². The van der Waals surface area contributed by atoms with Crippen molar-refractivity contribution >= 4 is 10.9 Å². The molecule has 0 fully saturated rings. The fraction of sp³-hybridized carbons (Fsp3) is 0.467. The van der Waals surface area contributed by atoms with E-state index in [-0.39, 0.29) is 12.6 Å². The second-order valence-electron chi connectivity index (χ2n) is 5.21. The van der Waals surface area contributed by atoms with Crippen LogP contribution in [-0.4, -0.2) is 30.0 Å². The van der Waals surface area contributed by atoms with Gasteiger partial charge in [0.25, 0.3) is 0 Å². The number of fused-ring (bicyclic) bond motifs is 1. The van der Waals surface area contributed by atoms with Crippen LogP contribution in [0.1, 0.15) is 12.5 Å². The Bertz CT molecular complexity index is 590. The van der Waals surface area contributed by atoms with E-state index in [1.54, 1.807) is 0 Å². The summed E-state index contributed by atoms with van der Waals surface area (Å²) in [6.07, 6.45) is -1.64. The fourth-order valence-corrected chi connectivity index (χ4v) is 2.36. The Kier molecular flexibility index (Phi) is 4.90. The third-order valence-corrected chi connectivity index (χ3v) is 3.19. The van der Waals surface area contributed by atoms with Gasteiger partial charge in [-0.15, -0.1) is 0 Å². The van der Waals surface area contributed by atoms with Crippen molar-refractivity contribution in [2.24, 2.45) is 5.73 Å². The molecule has 2 aromatic rings. The molecule has 2 N–H and O–H groups in total. The minimum atomic E-state index is -4.27. The van der Waals surface area contributed by atoms with Gasteiger partial charge < -0.3 is 15.0 Å². The average Bonchev–Trinajstić information content (AvgIpc) is 2.77. The van der Waals surface area contributed by atoms with Crippen molar-refractivity contribution in [3.63, 3.8) is 0 Å². The molecule has 6 heteroatoms. The monoisotopic (exact) mass is 300 g/mol. The predicted molar refractivity (Wildman–Crippen MR) is 76.2 cm³/mol. The zero-order chi connectivity index (χ0) is 15.5. The molecule has 1 aromatic heterocycles. The van der Waals surface area contributed by atoms with Gasteiger partial charge in [0.2, 0.25) is 0 Å². The van der Waals surface area contributed by atoms with Crippen molar-refractivity contribution in [2.75, 3.05) is 13.2 Å². The third-order valence-electron chi connectivity index (χ3n) is 3.19. The van der Waals surface area contributed by atoms with Crippen molar-refractivity contribution < 1.29 is 17.9 Å². The Morgan fingerprint density at radius 2 is 2.05 bits per heavy atom. The molecule has 0 saturated heterocycles. The summed E-state index contributed by atoms with van der Waals surface area (Å²) in [4.78, 5) is 0. The van der Waals surface area contributed by atoms with Gasteiger partial charge in [-0.3, -0.25) is 0 Å². The van der Waals surface area contributed by atoms with Gasteiger partial charge >= 0.3 is 6.18 Å². The summed E-state index contributed by atoms with van der Waals surface area (Å²) in [5.41, 5.74) is 7.97. The number of nitrogens with two attached hydrogens (primary N) is 1. The predicted octanol–water partition coefficient (Wildman–Crippen LogP) is 3.11. The minimum absolute atomic E-state index is 0.0286. The first-order valence-corrected chi connectivity index (χ1v) is 6.83. The quantitative estimate of drug-likeness (QED) is 0.833. The molecule has 1 aromatic carbocycles. The normalized spacial score (nSPS) is 13.8. The summed E-state index contributed by atoms with van der Waals surface area (Å²) < 4.78 is 42.6. The van der Waals surface area contributed by atoms with Crippen LogP contribution in [0.15, 0.2) is 30.5 Å². The smallest absolute Gasteiger partial charge is 0.370 e. The molecule has 0 aliphatic rings. The Hall–Kier alpha value is -1.53. The largest absolute Gasteiger partial charge is 0.411 e. The summed E-state index contributed by atoms with van der Waals surface area (Å²) in [5, 5.41) is 1.09. The number of nitrogens with zero attached hydrogens (tertiary/aromatic N) is 1. The molecular weight excluding hydrogens is 281 g/mol. The summed E-state index contributed by atoms with van der Waals surface area (Å²) in [5.74, 6) is 0. The lowest BCUT2D eigenvalue weighted by atomic mass is 10.0. The van der Waals surface area contributed by atoms with Gasteiger partial charge in [0.1, 0.15) is 6.61 Å². The van der Waals surface area contributed by atoms with Crippen molar-refractivity contribution in [1.82, 2.24) is 4.57 Å². The first kappa shape index (κ1) is 15.9. The number of halogens is 3. The Balaban J connectivity index is 2.05. The van der Waals surface area contributed by atoms with Crippen LogP contribution >= 0.6 is 0 Å². The topological polar surface area (TPSA) is 40.2 Å². The highest BCUT2D eigenvalue weighted by Crippen LogP contribution is 2.21. The molecule has 2 rings (SSSR count). The van der Waals surface area contributed by atoms with Crippen molar-refractivity contribution in [2.45, 2.75) is 32.1 Å². The van der Waals surface area contributed by atoms with Crippen LogP contribution < -0.4 is 5.73 Å². The molecule has 0 spiro atoms. The number of hydrogen-bond acceptors (Lipinski definition) is 2. The van der Waals surface area contributed by atoms with Gasteiger partial charge in [0.15, 0.2) is 0 Å². The number of aromatic nitrogens is 1. The lowest BCUT2D eigenvalue weighted by Crippen LogP contribution is -2.19. The second-order valence-corrected chi connectivity index (χ2v) is 5.21. The van der Waals surface area contributed by atoms with Crippen molar-refractivity contribution in [3.8, 4) is 0 Å². The molecule has 3 nitrogen and oxygen atoms in total. The highest BCUT2D eigenvalue weighted by atomic mass is 19.4. The van der Waals surface area contributed by atoms with E-state index in [9.17, 15) is 13.2 Å². The van der Waals surface area contributed by atoms with Crippen LogP contribution in [-0.2, 0) is 17.7 Å². The summed E-state index contributed by atoms with van der Waals surface area (Å²) in [7, 11) is 0. The van der Waals surface area contributed by atoms with E-state index < -0.39 is 12.8 Å². The van der Waals surface area contributed by atoms with E-state index >= 15 is 0 Å². The Labute approximate surface area is 121 Å². The van der Waals surface area contributed by atoms with E-state index in [1.807, 2.05) is 42.0 Å². The molecule has 0 saturated carbocycles. The molecule has 0 aliphatic carbocycles. The van der Waals surface area contributed by atoms with E-state index in [0.29, 0.717) is 6.54 Å². The minimum Gasteiger partial charge on any atom is -0.370 e. The molecule has 0 radical (unpaired) electrons. The Morgan fingerprint density at radius 1 is 1.29 bits per heavy atom. The van der Waals surface area contributed by atoms with Crippen molar-refractivity contribution in [1.29, 1.82) is 0 Å². The van der Waals surface area contributed by atoms with Crippen LogP contribution in [0.4, 0.5) is 13.2 Å². The molecule has 1 atom stereocenters. The van der Waals surface area contributed by atoms with E-state index in [2.05, 4.69) is 4.74 Å². The number of benzene rings is 1. The maximum Gasteiger partial charge on any atom is 0.411 e. The highest BCUT2D eigenvalue weighted by molar-refractivity contribution is 5.83. The van der Waals surface area contributed by atoms with Gasteiger partial charge in [0.05, 0.1) is 6.61 Å². The zero-order valence-electron chi connectivity index (χ0n) is 11.9. The molecule has 116 valence electrons. The SMILES string of the molecule is CC(N)Cc1cccc2c1ccn2CCOCC(F)(F)F. The van der Waals surface area contributed by atoms with Gasteiger partial charge in [-0.1, -0.05) is 12.1 Å². The number of hydrogen-bond donors (Lipinski definition) is 1. The van der Waals surface area contributed by atoms with Gasteiger partial charge in [0, 0.05) is 29.7 Å². The van der Waals surface area contributed by atoms with Gasteiger partial charge in [-0.05, 0) is 31.0 Å². The lowest BCUT2D eigenvalue weighted by molar-refractivity contribution is -0.174. The highest BCUT2D eigenvalue weighted by Gasteiger charge is 2.27. The maximum atomic E-state index is 12.0. The van der Waals surface area contributed by atoms with E-state index in [0.717, 1.165) is 22.9 Å². The van der Waals surface area contributed by atoms with Crippen LogP contribution in [0, 0.1) is 0 Å². The number of ether oxygens (including phenoxy) is 1. The third kappa shape index (κ3) is 4.47. The molecular formula is C15H19F3N2O.